The molecule has 150 valence electrons. The number of isothiocyanates is 1. The first-order chi connectivity index (χ1) is 12.6. The van der Waals surface area contributed by atoms with E-state index in [1.54, 1.807) is 0 Å². The van der Waals surface area contributed by atoms with E-state index in [9.17, 15) is 19.2 Å². The maximum Gasteiger partial charge on any atom is 0.303 e. The normalized spacial score (nSPS) is 26.9. The Morgan fingerprint density at radius 1 is 0.852 bits per heavy atom. The van der Waals surface area contributed by atoms with Crippen LogP contribution in [0.1, 0.15) is 27.7 Å². The monoisotopic (exact) mass is 403 g/mol. The molecule has 0 radical (unpaired) electrons. The van der Waals surface area contributed by atoms with Crippen LogP contribution in [0.15, 0.2) is 4.99 Å². The summed E-state index contributed by atoms with van der Waals surface area (Å²) < 4.78 is 26.4. The molecule has 0 spiro atoms. The number of carbonyl (C=O) groups is 4. The minimum absolute atomic E-state index is 0.0669. The molecule has 0 unspecified atom stereocenters. The Labute approximate surface area is 161 Å². The fourth-order valence-corrected chi connectivity index (χ4v) is 2.67. The third kappa shape index (κ3) is 7.41. The largest absolute Gasteiger partial charge is 0.463 e. The lowest BCUT2D eigenvalue weighted by Crippen LogP contribution is -2.63. The molecule has 0 bridgehead atoms. The van der Waals surface area contributed by atoms with Crippen LogP contribution in [0.5, 0.6) is 0 Å². The number of thiocarbonyl (C=S) groups is 1. The molecule has 1 rings (SSSR count). The third-order valence-electron chi connectivity index (χ3n) is 3.42. The van der Waals surface area contributed by atoms with Gasteiger partial charge < -0.3 is 23.7 Å². The van der Waals surface area contributed by atoms with E-state index in [-0.39, 0.29) is 13.2 Å². The maximum atomic E-state index is 11.6. The van der Waals surface area contributed by atoms with Crippen LogP contribution in [0.3, 0.4) is 0 Å². The smallest absolute Gasteiger partial charge is 0.303 e. The second-order valence-corrected chi connectivity index (χ2v) is 5.85. The maximum absolute atomic E-state index is 11.6. The summed E-state index contributed by atoms with van der Waals surface area (Å²) in [6.07, 6.45) is -5.39. The summed E-state index contributed by atoms with van der Waals surface area (Å²) in [5, 5.41) is 2.16. The lowest BCUT2D eigenvalue weighted by atomic mass is 9.94. The van der Waals surface area contributed by atoms with Gasteiger partial charge in [-0.1, -0.05) is 0 Å². The number of aliphatic imine (C=N–C) groups is 1. The number of ether oxygens (including phenoxy) is 5. The van der Waals surface area contributed by atoms with E-state index in [0.29, 0.717) is 0 Å². The zero-order valence-electron chi connectivity index (χ0n) is 15.3. The standard InChI is InChI=1S/C16H21NO9S/c1-8(18)22-6-13-15(24-10(3)20)16(25-11(4)21)14(23-9(2)19)12(26-13)5-17-7-27/h12-16H,5-6H2,1-4H3/t12-,13+,14-,15-,16+/m0/s1. The van der Waals surface area contributed by atoms with E-state index in [1.807, 2.05) is 0 Å². The number of nitrogens with zero attached hydrogens (tertiary/aromatic N) is 1. The van der Waals surface area contributed by atoms with Gasteiger partial charge in [0.2, 0.25) is 0 Å². The summed E-state index contributed by atoms with van der Waals surface area (Å²) in [5.41, 5.74) is 0. The number of esters is 4. The van der Waals surface area contributed by atoms with Crippen LogP contribution in [-0.2, 0) is 42.9 Å². The van der Waals surface area contributed by atoms with Gasteiger partial charge in [0.15, 0.2) is 18.3 Å². The zero-order chi connectivity index (χ0) is 20.6. The summed E-state index contributed by atoms with van der Waals surface area (Å²) in [6, 6.07) is 0. The van der Waals surface area contributed by atoms with Gasteiger partial charge >= 0.3 is 23.9 Å². The summed E-state index contributed by atoms with van der Waals surface area (Å²) in [7, 11) is 0. The lowest BCUT2D eigenvalue weighted by molar-refractivity contribution is -0.250. The number of carbonyl (C=O) groups excluding carboxylic acids is 4. The molecular weight excluding hydrogens is 382 g/mol. The van der Waals surface area contributed by atoms with Crippen molar-refractivity contribution in [1.82, 2.24) is 0 Å². The average molecular weight is 403 g/mol. The lowest BCUT2D eigenvalue weighted by Gasteiger charge is -2.44. The topological polar surface area (TPSA) is 127 Å². The van der Waals surface area contributed by atoms with Gasteiger partial charge in [0, 0.05) is 27.7 Å². The summed E-state index contributed by atoms with van der Waals surface area (Å²) >= 11 is 4.54. The molecule has 0 aromatic heterocycles. The molecule has 11 heteroatoms. The van der Waals surface area contributed by atoms with Crippen molar-refractivity contribution in [3.63, 3.8) is 0 Å². The highest BCUT2D eigenvalue weighted by atomic mass is 32.1. The molecule has 0 aliphatic carbocycles. The molecular formula is C16H21NO9S. The van der Waals surface area contributed by atoms with Crippen LogP contribution in [0.4, 0.5) is 0 Å². The molecule has 1 fully saturated rings. The van der Waals surface area contributed by atoms with Crippen molar-refractivity contribution in [2.45, 2.75) is 58.2 Å². The van der Waals surface area contributed by atoms with Gasteiger partial charge in [0.1, 0.15) is 18.8 Å². The molecule has 0 amide bonds. The van der Waals surface area contributed by atoms with Crippen molar-refractivity contribution >= 4 is 41.3 Å². The van der Waals surface area contributed by atoms with Crippen molar-refractivity contribution in [1.29, 1.82) is 0 Å². The van der Waals surface area contributed by atoms with Crippen LogP contribution >= 0.6 is 12.2 Å². The highest BCUT2D eigenvalue weighted by Crippen LogP contribution is 2.29. The third-order valence-corrected chi connectivity index (χ3v) is 3.55. The Morgan fingerprint density at radius 2 is 1.33 bits per heavy atom. The highest BCUT2D eigenvalue weighted by Gasteiger charge is 2.51. The second kappa shape index (κ2) is 10.7. The van der Waals surface area contributed by atoms with Gasteiger partial charge in [-0.3, -0.25) is 19.2 Å². The van der Waals surface area contributed by atoms with E-state index < -0.39 is 54.4 Å². The Bertz CT molecular complexity index is 631. The zero-order valence-corrected chi connectivity index (χ0v) is 16.1. The van der Waals surface area contributed by atoms with Crippen LogP contribution < -0.4 is 0 Å². The Morgan fingerprint density at radius 3 is 1.78 bits per heavy atom. The molecule has 1 aliphatic rings. The first kappa shape index (κ1) is 22.7. The van der Waals surface area contributed by atoms with Gasteiger partial charge in [-0.2, -0.15) is 0 Å². The van der Waals surface area contributed by atoms with E-state index in [2.05, 4.69) is 22.4 Å². The molecule has 0 saturated carbocycles. The predicted molar refractivity (Wildman–Crippen MR) is 91.8 cm³/mol. The van der Waals surface area contributed by atoms with Gasteiger partial charge in [-0.25, -0.2) is 4.99 Å². The SMILES string of the molecule is CC(=O)OC[C@H]1O[C@@H](CN=C=S)[C@H](OC(C)=O)[C@@H](OC(C)=O)[C@H]1OC(C)=O. The summed E-state index contributed by atoms with van der Waals surface area (Å²) in [4.78, 5) is 49.6. The molecule has 5 atom stereocenters. The predicted octanol–water partition coefficient (Wildman–Crippen LogP) is 0.215. The van der Waals surface area contributed by atoms with Crippen LogP contribution in [-0.4, -0.2) is 72.7 Å². The number of rotatable bonds is 7. The quantitative estimate of drug-likeness (QED) is 0.252. The van der Waals surface area contributed by atoms with Crippen molar-refractivity contribution < 1.29 is 42.9 Å². The first-order valence-electron chi connectivity index (χ1n) is 7.99. The first-order valence-corrected chi connectivity index (χ1v) is 8.40. The molecule has 0 N–H and O–H groups in total. The number of hydrogen-bond acceptors (Lipinski definition) is 11. The van der Waals surface area contributed by atoms with E-state index >= 15 is 0 Å². The van der Waals surface area contributed by atoms with Crippen molar-refractivity contribution in [2.24, 2.45) is 4.99 Å². The van der Waals surface area contributed by atoms with Crippen molar-refractivity contribution in [3.05, 3.63) is 0 Å². The molecule has 27 heavy (non-hydrogen) atoms. The average Bonchev–Trinajstić information content (AvgIpc) is 2.54. The summed E-state index contributed by atoms with van der Waals surface area (Å²) in [6.45, 7) is 4.31. The van der Waals surface area contributed by atoms with Gasteiger partial charge in [-0.15, -0.1) is 0 Å². The van der Waals surface area contributed by atoms with E-state index in [1.165, 1.54) is 6.92 Å². The van der Waals surface area contributed by atoms with Crippen molar-refractivity contribution in [2.75, 3.05) is 13.2 Å². The molecule has 1 saturated heterocycles. The minimum atomic E-state index is -1.20. The molecule has 0 aromatic rings. The van der Waals surface area contributed by atoms with Gasteiger partial charge in [-0.05, 0) is 12.2 Å². The Hall–Kier alpha value is -2.36. The molecule has 1 heterocycles. The van der Waals surface area contributed by atoms with Crippen LogP contribution in [0.25, 0.3) is 0 Å². The van der Waals surface area contributed by atoms with Crippen molar-refractivity contribution in [3.8, 4) is 0 Å². The molecule has 10 nitrogen and oxygen atoms in total. The Balaban J connectivity index is 3.28. The fourth-order valence-electron chi connectivity index (χ4n) is 2.59. The van der Waals surface area contributed by atoms with Crippen LogP contribution in [0.2, 0.25) is 0 Å². The van der Waals surface area contributed by atoms with E-state index in [0.717, 1.165) is 20.8 Å². The van der Waals surface area contributed by atoms with Gasteiger partial charge in [0.05, 0.1) is 11.7 Å². The molecule has 0 aromatic carbocycles. The second-order valence-electron chi connectivity index (χ2n) is 5.67. The number of hydrogen-bond donors (Lipinski definition) is 0. The molecule has 1 aliphatic heterocycles. The highest BCUT2D eigenvalue weighted by molar-refractivity contribution is 7.78. The fraction of sp³-hybridized carbons (Fsp3) is 0.688. The summed E-state index contributed by atoms with van der Waals surface area (Å²) in [5.74, 6) is -2.64. The van der Waals surface area contributed by atoms with Crippen LogP contribution in [0, 0.1) is 0 Å². The van der Waals surface area contributed by atoms with E-state index in [4.69, 9.17) is 23.7 Å². The minimum Gasteiger partial charge on any atom is -0.463 e. The van der Waals surface area contributed by atoms with Gasteiger partial charge in [0.25, 0.3) is 0 Å². The Kier molecular flexibility index (Phi) is 8.99.